The van der Waals surface area contributed by atoms with Crippen LogP contribution in [-0.4, -0.2) is 28.9 Å². The third-order valence-corrected chi connectivity index (χ3v) is 2.99. The number of rotatable bonds is 3. The molecule has 1 aromatic rings. The molecule has 2 atom stereocenters. The Morgan fingerprint density at radius 2 is 2.35 bits per heavy atom. The summed E-state index contributed by atoms with van der Waals surface area (Å²) in [5.74, 6) is 0. The van der Waals surface area contributed by atoms with Crippen LogP contribution in [-0.2, 0) is 11.3 Å². The lowest BCUT2D eigenvalue weighted by Gasteiger charge is -2.15. The summed E-state index contributed by atoms with van der Waals surface area (Å²) in [6, 6.07) is 1.87. The van der Waals surface area contributed by atoms with E-state index < -0.39 is 0 Å². The average molecular weight is 238 g/mol. The maximum Gasteiger partial charge on any atom is 0.299 e. The fourth-order valence-corrected chi connectivity index (χ4v) is 2.14. The first kappa shape index (κ1) is 12.1. The summed E-state index contributed by atoms with van der Waals surface area (Å²) in [5, 5.41) is 0. The van der Waals surface area contributed by atoms with Gasteiger partial charge in [0, 0.05) is 11.8 Å². The zero-order valence-corrected chi connectivity index (χ0v) is 10.5. The second-order valence-electron chi connectivity index (χ2n) is 4.48. The first-order valence-corrected chi connectivity index (χ1v) is 5.88. The lowest BCUT2D eigenvalue weighted by atomic mass is 10.2. The minimum atomic E-state index is -0.0856. The van der Waals surface area contributed by atoms with Gasteiger partial charge in [0.2, 0.25) is 0 Å². The molecule has 1 saturated heterocycles. The third-order valence-electron chi connectivity index (χ3n) is 2.99. The van der Waals surface area contributed by atoms with Crippen LogP contribution >= 0.6 is 0 Å². The van der Waals surface area contributed by atoms with Crippen molar-refractivity contribution in [3.63, 3.8) is 0 Å². The number of ether oxygens (including phenoxy) is 2. The molecule has 2 unspecified atom stereocenters. The summed E-state index contributed by atoms with van der Waals surface area (Å²) in [6.45, 7) is 4.34. The maximum absolute atomic E-state index is 11.9. The normalized spacial score (nSPS) is 23.9. The van der Waals surface area contributed by atoms with E-state index in [1.165, 1.54) is 17.7 Å². The van der Waals surface area contributed by atoms with Crippen molar-refractivity contribution in [3.05, 3.63) is 22.1 Å². The van der Waals surface area contributed by atoms with E-state index in [0.29, 0.717) is 18.2 Å². The highest BCUT2D eigenvalue weighted by atomic mass is 16.5. The van der Waals surface area contributed by atoms with Crippen LogP contribution in [0.2, 0.25) is 0 Å². The largest absolute Gasteiger partial charge is 0.468 e. The van der Waals surface area contributed by atoms with E-state index in [4.69, 9.17) is 9.47 Å². The second kappa shape index (κ2) is 4.87. The molecular weight excluding hydrogens is 220 g/mol. The number of hydrogen-bond acceptors (Lipinski definition) is 4. The molecule has 0 N–H and O–H groups in total. The molecule has 2 heterocycles. The molecule has 0 bridgehead atoms. The number of aromatic nitrogens is 2. The van der Waals surface area contributed by atoms with Crippen LogP contribution in [0.5, 0.6) is 6.01 Å². The average Bonchev–Trinajstić information content (AvgIpc) is 2.67. The zero-order valence-electron chi connectivity index (χ0n) is 10.5. The van der Waals surface area contributed by atoms with Gasteiger partial charge in [-0.15, -0.1) is 0 Å². The van der Waals surface area contributed by atoms with Gasteiger partial charge >= 0.3 is 0 Å². The minimum Gasteiger partial charge on any atom is -0.468 e. The Labute approximate surface area is 100 Å². The second-order valence-corrected chi connectivity index (χ2v) is 4.48. The molecule has 1 fully saturated rings. The summed E-state index contributed by atoms with van der Waals surface area (Å²) in [7, 11) is 1.52. The van der Waals surface area contributed by atoms with Crippen molar-refractivity contribution in [2.75, 3.05) is 7.11 Å². The number of methoxy groups -OCH3 is 1. The first-order chi connectivity index (χ1) is 8.10. The van der Waals surface area contributed by atoms with Crippen LogP contribution in [0.4, 0.5) is 0 Å². The molecule has 1 aliphatic heterocycles. The molecule has 2 rings (SSSR count). The van der Waals surface area contributed by atoms with Crippen molar-refractivity contribution in [1.29, 1.82) is 0 Å². The number of nitrogens with zero attached hydrogens (tertiary/aromatic N) is 2. The van der Waals surface area contributed by atoms with Crippen LogP contribution in [0.3, 0.4) is 0 Å². The van der Waals surface area contributed by atoms with E-state index >= 15 is 0 Å². The Bertz CT molecular complexity index is 456. The Balaban J connectivity index is 2.23. The molecule has 0 spiro atoms. The highest BCUT2D eigenvalue weighted by Gasteiger charge is 2.23. The van der Waals surface area contributed by atoms with E-state index in [1.807, 2.05) is 6.92 Å². The molecule has 94 valence electrons. The van der Waals surface area contributed by atoms with Gasteiger partial charge in [-0.1, -0.05) is 0 Å². The summed E-state index contributed by atoms with van der Waals surface area (Å²) < 4.78 is 12.4. The summed E-state index contributed by atoms with van der Waals surface area (Å²) >= 11 is 0. The van der Waals surface area contributed by atoms with Crippen molar-refractivity contribution >= 4 is 0 Å². The smallest absolute Gasteiger partial charge is 0.299 e. The van der Waals surface area contributed by atoms with Gasteiger partial charge in [-0.25, -0.2) is 4.98 Å². The van der Waals surface area contributed by atoms with Crippen LogP contribution < -0.4 is 10.3 Å². The molecule has 17 heavy (non-hydrogen) atoms. The molecule has 0 aliphatic carbocycles. The lowest BCUT2D eigenvalue weighted by molar-refractivity contribution is 0.0434. The monoisotopic (exact) mass is 238 g/mol. The predicted molar refractivity (Wildman–Crippen MR) is 63.4 cm³/mol. The molecule has 5 nitrogen and oxygen atoms in total. The number of hydrogen-bond donors (Lipinski definition) is 0. The van der Waals surface area contributed by atoms with Crippen LogP contribution in [0.15, 0.2) is 10.9 Å². The molecule has 0 radical (unpaired) electrons. The standard InChI is InChI=1S/C12H18N2O3/c1-8-6-11(15)14(12(13-8)16-3)7-10-5-4-9(2)17-10/h6,9-10H,4-5,7H2,1-3H3. The molecular formula is C12H18N2O3. The fourth-order valence-electron chi connectivity index (χ4n) is 2.14. The zero-order chi connectivity index (χ0) is 12.4. The molecule has 0 aromatic carbocycles. The van der Waals surface area contributed by atoms with E-state index in [-0.39, 0.29) is 17.8 Å². The Morgan fingerprint density at radius 1 is 1.59 bits per heavy atom. The van der Waals surface area contributed by atoms with E-state index in [0.717, 1.165) is 12.8 Å². The lowest BCUT2D eigenvalue weighted by Crippen LogP contribution is -2.28. The highest BCUT2D eigenvalue weighted by molar-refractivity contribution is 5.07. The van der Waals surface area contributed by atoms with Gasteiger partial charge in [-0.3, -0.25) is 9.36 Å². The van der Waals surface area contributed by atoms with Gasteiger partial charge in [0.1, 0.15) is 0 Å². The fraction of sp³-hybridized carbons (Fsp3) is 0.667. The van der Waals surface area contributed by atoms with Crippen LogP contribution in [0.1, 0.15) is 25.5 Å². The van der Waals surface area contributed by atoms with Crippen molar-refractivity contribution in [3.8, 4) is 6.01 Å². The quantitative estimate of drug-likeness (QED) is 0.792. The third kappa shape index (κ3) is 2.66. The van der Waals surface area contributed by atoms with E-state index in [9.17, 15) is 4.79 Å². The van der Waals surface area contributed by atoms with Crippen molar-refractivity contribution < 1.29 is 9.47 Å². The molecule has 1 aromatic heterocycles. The molecule has 0 saturated carbocycles. The van der Waals surface area contributed by atoms with Gasteiger partial charge in [0.15, 0.2) is 0 Å². The molecule has 1 aliphatic rings. The van der Waals surface area contributed by atoms with Gasteiger partial charge in [0.05, 0.1) is 25.9 Å². The minimum absolute atomic E-state index is 0.0844. The topological polar surface area (TPSA) is 53.3 Å². The SMILES string of the molecule is COc1nc(C)cc(=O)n1CC1CCC(C)O1. The summed E-state index contributed by atoms with van der Waals surface area (Å²) in [6.07, 6.45) is 2.38. The molecule has 5 heteroatoms. The van der Waals surface area contributed by atoms with Crippen molar-refractivity contribution in [2.45, 2.75) is 45.4 Å². The van der Waals surface area contributed by atoms with Gasteiger partial charge < -0.3 is 9.47 Å². The van der Waals surface area contributed by atoms with E-state index in [2.05, 4.69) is 4.98 Å². The van der Waals surface area contributed by atoms with Gasteiger partial charge in [0.25, 0.3) is 11.6 Å². The van der Waals surface area contributed by atoms with Crippen LogP contribution in [0, 0.1) is 6.92 Å². The van der Waals surface area contributed by atoms with Gasteiger partial charge in [-0.2, -0.15) is 0 Å². The van der Waals surface area contributed by atoms with Crippen molar-refractivity contribution in [2.24, 2.45) is 0 Å². The highest BCUT2D eigenvalue weighted by Crippen LogP contribution is 2.21. The van der Waals surface area contributed by atoms with E-state index in [1.54, 1.807) is 6.92 Å². The predicted octanol–water partition coefficient (Wildman–Crippen LogP) is 1.13. The van der Waals surface area contributed by atoms with Crippen molar-refractivity contribution in [1.82, 2.24) is 9.55 Å². The number of aryl methyl sites for hydroxylation is 1. The Morgan fingerprint density at radius 3 is 2.94 bits per heavy atom. The molecule has 0 amide bonds. The van der Waals surface area contributed by atoms with Crippen LogP contribution in [0.25, 0.3) is 0 Å². The van der Waals surface area contributed by atoms with Gasteiger partial charge in [-0.05, 0) is 26.7 Å². The first-order valence-electron chi connectivity index (χ1n) is 5.88. The Kier molecular flexibility index (Phi) is 3.47. The Hall–Kier alpha value is -1.36. The summed E-state index contributed by atoms with van der Waals surface area (Å²) in [4.78, 5) is 16.1. The summed E-state index contributed by atoms with van der Waals surface area (Å²) in [5.41, 5.74) is 0.585. The maximum atomic E-state index is 11.9.